The summed E-state index contributed by atoms with van der Waals surface area (Å²) in [4.78, 5) is 17.4. The molecule has 0 spiro atoms. The topological polar surface area (TPSA) is 95.9 Å². The van der Waals surface area contributed by atoms with Crippen LogP contribution >= 0.6 is 0 Å². The summed E-state index contributed by atoms with van der Waals surface area (Å²) in [6.45, 7) is 2.58. The molecule has 1 aromatic carbocycles. The molecule has 3 aromatic rings. The first-order chi connectivity index (χ1) is 12.3. The van der Waals surface area contributed by atoms with Gasteiger partial charge in [-0.3, -0.25) is 0 Å². The fraction of sp³-hybridized carbons (Fsp3) is 0.333. The Morgan fingerprint density at radius 2 is 1.84 bits per heavy atom. The molecule has 0 radical (unpaired) electrons. The number of nitrogens with zero attached hydrogens (tertiary/aromatic N) is 4. The minimum absolute atomic E-state index is 0.00768. The number of aryl methyl sites for hydroxylation is 1. The van der Waals surface area contributed by atoms with Gasteiger partial charge in [0, 0.05) is 24.6 Å². The number of hydrogen-bond acceptors (Lipinski definition) is 7. The van der Waals surface area contributed by atoms with Crippen LogP contribution in [0.5, 0.6) is 0 Å². The first kappa shape index (κ1) is 17.0. The van der Waals surface area contributed by atoms with Crippen molar-refractivity contribution in [3.05, 3.63) is 42.2 Å². The predicted molar refractivity (Wildman–Crippen MR) is 99.0 cm³/mol. The highest BCUT2D eigenvalue weighted by atomic mass is 16.3. The lowest BCUT2D eigenvalue weighted by atomic mass is 10.1. The molecule has 2 heterocycles. The van der Waals surface area contributed by atoms with Crippen molar-refractivity contribution in [1.29, 1.82) is 0 Å². The number of aromatic nitrogens is 4. The van der Waals surface area contributed by atoms with Crippen LogP contribution in [0.3, 0.4) is 0 Å². The lowest BCUT2D eigenvalue weighted by molar-refractivity contribution is 0.311. The van der Waals surface area contributed by atoms with Crippen LogP contribution in [0.2, 0.25) is 0 Å². The number of aliphatic hydroxyl groups excluding tert-OH is 1. The van der Waals surface area contributed by atoms with Crippen LogP contribution in [0.15, 0.2) is 36.7 Å². The van der Waals surface area contributed by atoms with E-state index < -0.39 is 0 Å². The van der Waals surface area contributed by atoms with Crippen LogP contribution in [0.4, 0.5) is 17.5 Å². The molecular weight excluding hydrogens is 316 g/mol. The molecule has 0 bridgehead atoms. The molecule has 0 atom stereocenters. The lowest BCUT2D eigenvalue weighted by Crippen LogP contribution is -2.10. The maximum absolute atomic E-state index is 9.03. The number of nitrogens with one attached hydrogen (secondary N) is 2. The summed E-state index contributed by atoms with van der Waals surface area (Å²) in [5, 5.41) is 15.3. The van der Waals surface area contributed by atoms with Crippen LogP contribution in [0.1, 0.15) is 25.3 Å². The van der Waals surface area contributed by atoms with E-state index in [0.717, 1.165) is 12.1 Å². The number of fused-ring (bicyclic) bond motifs is 1. The third kappa shape index (κ3) is 4.39. The fourth-order valence-electron chi connectivity index (χ4n) is 2.48. The van der Waals surface area contributed by atoms with Crippen molar-refractivity contribution in [2.75, 3.05) is 23.8 Å². The quantitative estimate of drug-likeness (QED) is 0.581. The Balaban J connectivity index is 1.83. The van der Waals surface area contributed by atoms with E-state index >= 15 is 0 Å². The molecule has 2 aromatic heterocycles. The summed E-state index contributed by atoms with van der Waals surface area (Å²) in [5.74, 6) is 0.990. The second-order valence-corrected chi connectivity index (χ2v) is 5.70. The van der Waals surface area contributed by atoms with Gasteiger partial charge in [0.05, 0.1) is 6.61 Å². The molecule has 25 heavy (non-hydrogen) atoms. The second kappa shape index (κ2) is 8.34. The standard InChI is InChI=1S/C18H22N6O/c1-2-3-4-13-5-7-14(8-6-13)22-18-23-16-15(19-9-10-20-16)17(24-18)21-11-12-25/h5-10,25H,2-4,11-12H2,1H3,(H2,20,21,22,23,24). The monoisotopic (exact) mass is 338 g/mol. The smallest absolute Gasteiger partial charge is 0.231 e. The van der Waals surface area contributed by atoms with Gasteiger partial charge in [-0.15, -0.1) is 0 Å². The molecule has 3 rings (SSSR count). The summed E-state index contributed by atoms with van der Waals surface area (Å²) < 4.78 is 0. The van der Waals surface area contributed by atoms with Gasteiger partial charge >= 0.3 is 0 Å². The van der Waals surface area contributed by atoms with E-state index in [0.29, 0.717) is 29.5 Å². The van der Waals surface area contributed by atoms with Crippen LogP contribution in [0, 0.1) is 0 Å². The minimum Gasteiger partial charge on any atom is -0.395 e. The van der Waals surface area contributed by atoms with E-state index in [4.69, 9.17) is 5.11 Å². The van der Waals surface area contributed by atoms with E-state index in [1.807, 2.05) is 12.1 Å². The molecule has 0 unspecified atom stereocenters. The van der Waals surface area contributed by atoms with E-state index in [2.05, 4.69) is 49.6 Å². The van der Waals surface area contributed by atoms with Crippen LogP contribution in [-0.4, -0.2) is 38.2 Å². The molecular formula is C18H22N6O. The molecule has 0 saturated heterocycles. The number of aliphatic hydroxyl groups is 1. The van der Waals surface area contributed by atoms with Gasteiger partial charge in [-0.05, 0) is 30.5 Å². The Hall–Kier alpha value is -2.80. The van der Waals surface area contributed by atoms with Crippen molar-refractivity contribution in [2.24, 2.45) is 0 Å². The zero-order valence-corrected chi connectivity index (χ0v) is 14.2. The molecule has 0 amide bonds. The van der Waals surface area contributed by atoms with Crippen molar-refractivity contribution < 1.29 is 5.11 Å². The number of unbranched alkanes of at least 4 members (excludes halogenated alkanes) is 1. The van der Waals surface area contributed by atoms with Gasteiger partial charge in [-0.1, -0.05) is 25.5 Å². The molecule has 0 fully saturated rings. The highest BCUT2D eigenvalue weighted by Gasteiger charge is 2.09. The van der Waals surface area contributed by atoms with Crippen molar-refractivity contribution in [1.82, 2.24) is 19.9 Å². The average molecular weight is 338 g/mol. The molecule has 0 saturated carbocycles. The number of rotatable bonds is 8. The Labute approximate surface area is 146 Å². The number of anilines is 3. The van der Waals surface area contributed by atoms with Crippen LogP contribution in [-0.2, 0) is 6.42 Å². The maximum atomic E-state index is 9.03. The van der Waals surface area contributed by atoms with Gasteiger partial charge in [0.15, 0.2) is 17.0 Å². The molecule has 7 nitrogen and oxygen atoms in total. The number of benzene rings is 1. The van der Waals surface area contributed by atoms with E-state index in [-0.39, 0.29) is 6.61 Å². The first-order valence-corrected chi connectivity index (χ1v) is 8.49. The average Bonchev–Trinajstić information content (AvgIpc) is 2.65. The summed E-state index contributed by atoms with van der Waals surface area (Å²) in [6.07, 6.45) is 6.66. The van der Waals surface area contributed by atoms with E-state index in [9.17, 15) is 0 Å². The lowest BCUT2D eigenvalue weighted by Gasteiger charge is -2.10. The zero-order chi connectivity index (χ0) is 17.5. The number of hydrogen-bond donors (Lipinski definition) is 3. The maximum Gasteiger partial charge on any atom is 0.231 e. The van der Waals surface area contributed by atoms with Crippen molar-refractivity contribution >= 4 is 28.6 Å². The van der Waals surface area contributed by atoms with Gasteiger partial charge in [0.25, 0.3) is 0 Å². The van der Waals surface area contributed by atoms with Gasteiger partial charge < -0.3 is 15.7 Å². The molecule has 0 aliphatic heterocycles. The Morgan fingerprint density at radius 3 is 2.60 bits per heavy atom. The largest absolute Gasteiger partial charge is 0.395 e. The van der Waals surface area contributed by atoms with Crippen molar-refractivity contribution in [3.8, 4) is 0 Å². The third-order valence-electron chi connectivity index (χ3n) is 3.77. The van der Waals surface area contributed by atoms with Crippen LogP contribution < -0.4 is 10.6 Å². The van der Waals surface area contributed by atoms with Crippen molar-refractivity contribution in [3.63, 3.8) is 0 Å². The molecule has 130 valence electrons. The SMILES string of the molecule is CCCCc1ccc(Nc2nc(NCCO)c3nccnc3n2)cc1. The summed E-state index contributed by atoms with van der Waals surface area (Å²) >= 11 is 0. The predicted octanol–water partition coefficient (Wildman–Crippen LogP) is 2.91. The Bertz CT molecular complexity index is 821. The van der Waals surface area contributed by atoms with Crippen molar-refractivity contribution in [2.45, 2.75) is 26.2 Å². The van der Waals surface area contributed by atoms with E-state index in [1.54, 1.807) is 12.4 Å². The molecule has 7 heteroatoms. The highest BCUT2D eigenvalue weighted by Crippen LogP contribution is 2.21. The zero-order valence-electron chi connectivity index (χ0n) is 14.2. The summed E-state index contributed by atoms with van der Waals surface area (Å²) in [6, 6.07) is 8.28. The Morgan fingerprint density at radius 1 is 1.04 bits per heavy atom. The summed E-state index contributed by atoms with van der Waals surface area (Å²) in [7, 11) is 0. The van der Waals surface area contributed by atoms with Gasteiger partial charge in [-0.25, -0.2) is 9.97 Å². The van der Waals surface area contributed by atoms with Gasteiger partial charge in [0.2, 0.25) is 5.95 Å². The second-order valence-electron chi connectivity index (χ2n) is 5.70. The van der Waals surface area contributed by atoms with E-state index in [1.165, 1.54) is 18.4 Å². The van der Waals surface area contributed by atoms with Gasteiger partial charge in [0.1, 0.15) is 0 Å². The Kier molecular flexibility index (Phi) is 5.69. The third-order valence-corrected chi connectivity index (χ3v) is 3.77. The molecule has 0 aliphatic carbocycles. The fourth-order valence-corrected chi connectivity index (χ4v) is 2.48. The normalized spacial score (nSPS) is 10.8. The molecule has 3 N–H and O–H groups in total. The van der Waals surface area contributed by atoms with Gasteiger partial charge in [-0.2, -0.15) is 9.97 Å². The van der Waals surface area contributed by atoms with Crippen LogP contribution in [0.25, 0.3) is 11.2 Å². The first-order valence-electron chi connectivity index (χ1n) is 8.49. The molecule has 0 aliphatic rings. The summed E-state index contributed by atoms with van der Waals surface area (Å²) in [5.41, 5.74) is 3.32. The highest BCUT2D eigenvalue weighted by molar-refractivity contribution is 5.83. The minimum atomic E-state index is 0.00768.